The number of rotatable bonds is 5. The number of methoxy groups -OCH3 is 1. The number of ether oxygens (including phenoxy) is 1. The molecule has 1 aromatic heterocycles. The maximum atomic E-state index is 6.00. The fraction of sp³-hybridized carbons (Fsp3) is 0.438. The monoisotopic (exact) mass is 286 g/mol. The van der Waals surface area contributed by atoms with Gasteiger partial charge in [0.25, 0.3) is 0 Å². The molecule has 1 aliphatic heterocycles. The van der Waals surface area contributed by atoms with Gasteiger partial charge in [0.15, 0.2) is 0 Å². The van der Waals surface area contributed by atoms with Crippen LogP contribution in [0.15, 0.2) is 42.7 Å². The largest absolute Gasteiger partial charge is 0.380 e. The van der Waals surface area contributed by atoms with Crippen LogP contribution in [0.3, 0.4) is 0 Å². The molecule has 1 aromatic carbocycles. The average Bonchev–Trinajstić information content (AvgIpc) is 3.19. The van der Waals surface area contributed by atoms with E-state index in [0.717, 1.165) is 30.8 Å². The molecule has 0 bridgehead atoms. The average molecular weight is 286 g/mol. The van der Waals surface area contributed by atoms with Gasteiger partial charge in [0.05, 0.1) is 24.0 Å². The van der Waals surface area contributed by atoms with Gasteiger partial charge in [-0.3, -0.25) is 4.90 Å². The van der Waals surface area contributed by atoms with Crippen LogP contribution in [0.4, 0.5) is 0 Å². The maximum absolute atomic E-state index is 6.00. The number of hydrogen-bond donors (Lipinski definition) is 1. The number of hydrogen-bond acceptors (Lipinski definition) is 4. The molecule has 0 aliphatic carbocycles. The van der Waals surface area contributed by atoms with Crippen molar-refractivity contribution in [1.29, 1.82) is 0 Å². The molecule has 0 radical (unpaired) electrons. The second-order valence-electron chi connectivity index (χ2n) is 5.45. The number of para-hydroxylation sites is 1. The lowest BCUT2D eigenvalue weighted by atomic mass is 10.1. The zero-order valence-electron chi connectivity index (χ0n) is 12.4. The van der Waals surface area contributed by atoms with Gasteiger partial charge < -0.3 is 10.5 Å². The van der Waals surface area contributed by atoms with Crippen LogP contribution in [0.1, 0.15) is 18.0 Å². The number of nitrogens with zero attached hydrogens (tertiary/aromatic N) is 3. The van der Waals surface area contributed by atoms with Gasteiger partial charge in [0, 0.05) is 38.5 Å². The summed E-state index contributed by atoms with van der Waals surface area (Å²) in [4.78, 5) is 2.39. The molecule has 2 aromatic rings. The van der Waals surface area contributed by atoms with Gasteiger partial charge in [0.1, 0.15) is 0 Å². The summed E-state index contributed by atoms with van der Waals surface area (Å²) in [5.74, 6) is 0. The Morgan fingerprint density at radius 2 is 2.19 bits per heavy atom. The third-order valence-electron chi connectivity index (χ3n) is 4.18. The Bertz CT molecular complexity index is 569. The van der Waals surface area contributed by atoms with Gasteiger partial charge in [-0.2, -0.15) is 5.10 Å². The lowest BCUT2D eigenvalue weighted by Gasteiger charge is -2.25. The zero-order valence-corrected chi connectivity index (χ0v) is 12.4. The van der Waals surface area contributed by atoms with Crippen LogP contribution >= 0.6 is 0 Å². The van der Waals surface area contributed by atoms with Gasteiger partial charge in [-0.05, 0) is 18.6 Å². The van der Waals surface area contributed by atoms with Crippen LogP contribution in [-0.4, -0.2) is 47.5 Å². The van der Waals surface area contributed by atoms with Crippen molar-refractivity contribution in [2.75, 3.05) is 26.7 Å². The second kappa shape index (κ2) is 6.39. The SMILES string of the molecule is COC1CCN(C(CN)c2cnn(-c3ccccc3)c2)C1. The highest BCUT2D eigenvalue weighted by molar-refractivity contribution is 5.31. The summed E-state index contributed by atoms with van der Waals surface area (Å²) >= 11 is 0. The molecular weight excluding hydrogens is 264 g/mol. The Balaban J connectivity index is 1.78. The van der Waals surface area contributed by atoms with E-state index in [1.54, 1.807) is 7.11 Å². The van der Waals surface area contributed by atoms with Crippen molar-refractivity contribution in [1.82, 2.24) is 14.7 Å². The molecule has 1 saturated heterocycles. The molecule has 2 N–H and O–H groups in total. The minimum atomic E-state index is 0.211. The fourth-order valence-electron chi connectivity index (χ4n) is 2.96. The van der Waals surface area contributed by atoms with Crippen molar-refractivity contribution in [3.63, 3.8) is 0 Å². The van der Waals surface area contributed by atoms with Crippen molar-refractivity contribution in [2.45, 2.75) is 18.6 Å². The second-order valence-corrected chi connectivity index (χ2v) is 5.45. The van der Waals surface area contributed by atoms with Crippen LogP contribution in [0.25, 0.3) is 5.69 Å². The van der Waals surface area contributed by atoms with Crippen LogP contribution < -0.4 is 5.73 Å². The first-order chi connectivity index (χ1) is 10.3. The van der Waals surface area contributed by atoms with Gasteiger partial charge in [-0.15, -0.1) is 0 Å². The highest BCUT2D eigenvalue weighted by Gasteiger charge is 2.29. The van der Waals surface area contributed by atoms with E-state index in [4.69, 9.17) is 10.5 Å². The van der Waals surface area contributed by atoms with E-state index in [-0.39, 0.29) is 6.04 Å². The first-order valence-corrected chi connectivity index (χ1v) is 7.38. The molecule has 5 heteroatoms. The summed E-state index contributed by atoms with van der Waals surface area (Å²) in [6.07, 6.45) is 5.39. The Kier molecular flexibility index (Phi) is 4.34. The van der Waals surface area contributed by atoms with E-state index in [1.807, 2.05) is 41.2 Å². The lowest BCUT2D eigenvalue weighted by molar-refractivity contribution is 0.101. The summed E-state index contributed by atoms with van der Waals surface area (Å²) in [5.41, 5.74) is 8.23. The minimum Gasteiger partial charge on any atom is -0.380 e. The molecule has 1 aliphatic rings. The van der Waals surface area contributed by atoms with E-state index < -0.39 is 0 Å². The van der Waals surface area contributed by atoms with Crippen molar-refractivity contribution in [3.05, 3.63) is 48.3 Å². The molecule has 2 heterocycles. The third kappa shape index (κ3) is 3.00. The molecule has 112 valence electrons. The van der Waals surface area contributed by atoms with Crippen molar-refractivity contribution >= 4 is 0 Å². The Labute approximate surface area is 125 Å². The van der Waals surface area contributed by atoms with Crippen molar-refractivity contribution in [2.24, 2.45) is 5.73 Å². The summed E-state index contributed by atoms with van der Waals surface area (Å²) in [5, 5.41) is 4.47. The van der Waals surface area contributed by atoms with Crippen LogP contribution in [0.5, 0.6) is 0 Å². The highest BCUT2D eigenvalue weighted by Crippen LogP contribution is 2.25. The molecule has 2 atom stereocenters. The van der Waals surface area contributed by atoms with Gasteiger partial charge in [-0.1, -0.05) is 18.2 Å². The van der Waals surface area contributed by atoms with Crippen LogP contribution in [0, 0.1) is 0 Å². The smallest absolute Gasteiger partial charge is 0.0710 e. The first-order valence-electron chi connectivity index (χ1n) is 7.38. The molecule has 2 unspecified atom stereocenters. The molecule has 21 heavy (non-hydrogen) atoms. The molecular formula is C16H22N4O. The topological polar surface area (TPSA) is 56.3 Å². The molecule has 0 spiro atoms. The van der Waals surface area contributed by atoms with Gasteiger partial charge >= 0.3 is 0 Å². The Morgan fingerprint density at radius 1 is 1.38 bits per heavy atom. The predicted octanol–water partition coefficient (Wildman–Crippen LogP) is 1.59. The third-order valence-corrected chi connectivity index (χ3v) is 4.18. The van der Waals surface area contributed by atoms with E-state index in [2.05, 4.69) is 16.2 Å². The normalized spacial score (nSPS) is 20.8. The Hall–Kier alpha value is -1.69. The minimum absolute atomic E-state index is 0.211. The maximum Gasteiger partial charge on any atom is 0.0710 e. The number of aromatic nitrogens is 2. The fourth-order valence-corrected chi connectivity index (χ4v) is 2.96. The molecule has 3 rings (SSSR count). The summed E-state index contributed by atoms with van der Waals surface area (Å²) in [7, 11) is 1.78. The summed E-state index contributed by atoms with van der Waals surface area (Å²) in [6, 6.07) is 10.3. The number of benzene rings is 1. The van der Waals surface area contributed by atoms with Crippen molar-refractivity contribution < 1.29 is 4.74 Å². The molecule has 1 fully saturated rings. The molecule has 0 amide bonds. The van der Waals surface area contributed by atoms with E-state index in [9.17, 15) is 0 Å². The van der Waals surface area contributed by atoms with Gasteiger partial charge in [-0.25, -0.2) is 4.68 Å². The van der Waals surface area contributed by atoms with Crippen molar-refractivity contribution in [3.8, 4) is 5.69 Å². The quantitative estimate of drug-likeness (QED) is 0.907. The van der Waals surface area contributed by atoms with Crippen LogP contribution in [-0.2, 0) is 4.74 Å². The number of nitrogens with two attached hydrogens (primary N) is 1. The molecule has 0 saturated carbocycles. The summed E-state index contributed by atoms with van der Waals surface area (Å²) < 4.78 is 7.35. The van der Waals surface area contributed by atoms with Crippen LogP contribution in [0.2, 0.25) is 0 Å². The van der Waals surface area contributed by atoms with Gasteiger partial charge in [0.2, 0.25) is 0 Å². The molecule has 5 nitrogen and oxygen atoms in total. The highest BCUT2D eigenvalue weighted by atomic mass is 16.5. The summed E-state index contributed by atoms with van der Waals surface area (Å²) in [6.45, 7) is 2.56. The van der Waals surface area contributed by atoms with E-state index in [0.29, 0.717) is 12.6 Å². The first kappa shape index (κ1) is 14.3. The predicted molar refractivity (Wildman–Crippen MR) is 82.3 cm³/mol. The standard InChI is InChI=1S/C16H22N4O/c1-21-15-7-8-19(12-15)16(9-17)13-10-18-20(11-13)14-5-3-2-4-6-14/h2-6,10-11,15-16H,7-9,12,17H2,1H3. The van der Waals surface area contributed by atoms with E-state index in [1.165, 1.54) is 0 Å². The Morgan fingerprint density at radius 3 is 2.86 bits per heavy atom. The number of likely N-dealkylation sites (tertiary alicyclic amines) is 1. The zero-order chi connectivity index (χ0) is 14.7. The van der Waals surface area contributed by atoms with E-state index >= 15 is 0 Å². The lowest BCUT2D eigenvalue weighted by Crippen LogP contribution is -2.32.